The number of hydrogen-bond acceptors (Lipinski definition) is 2. The van der Waals surface area contributed by atoms with Crippen LogP contribution in [0.4, 0.5) is 0 Å². The van der Waals surface area contributed by atoms with E-state index in [1.807, 2.05) is 43.4 Å². The Morgan fingerprint density at radius 2 is 2.07 bits per heavy atom. The summed E-state index contributed by atoms with van der Waals surface area (Å²) in [6.45, 7) is 5.22. The summed E-state index contributed by atoms with van der Waals surface area (Å²) in [7, 11) is 3.96. The Labute approximate surface area is 161 Å². The molecular weight excluding hydrogens is 336 g/mol. The third-order valence-corrected chi connectivity index (χ3v) is 5.39. The van der Waals surface area contributed by atoms with Gasteiger partial charge >= 0.3 is 0 Å². The maximum atomic E-state index is 13.0. The molecule has 2 unspecified atom stereocenters. The first-order chi connectivity index (χ1) is 13.0. The van der Waals surface area contributed by atoms with Crippen LogP contribution in [0.2, 0.25) is 0 Å². The van der Waals surface area contributed by atoms with E-state index >= 15 is 0 Å². The molecule has 0 radical (unpaired) electrons. The van der Waals surface area contributed by atoms with E-state index in [2.05, 4.69) is 36.6 Å². The molecule has 2 heterocycles. The molecule has 1 aromatic carbocycles. The maximum Gasteiger partial charge on any atom is 0.223 e. The summed E-state index contributed by atoms with van der Waals surface area (Å²) in [6.07, 6.45) is 6.52. The average molecular weight is 367 g/mol. The molecular formula is C23H30N2O2. The molecule has 4 nitrogen and oxygen atoms in total. The molecule has 0 N–H and O–H groups in total. The van der Waals surface area contributed by atoms with Crippen LogP contribution in [0.3, 0.4) is 0 Å². The lowest BCUT2D eigenvalue weighted by Crippen LogP contribution is -2.32. The van der Waals surface area contributed by atoms with Gasteiger partial charge in [0.05, 0.1) is 6.26 Å². The van der Waals surface area contributed by atoms with Crippen LogP contribution in [0.1, 0.15) is 50.3 Å². The van der Waals surface area contributed by atoms with Gasteiger partial charge in [-0.3, -0.25) is 4.79 Å². The van der Waals surface area contributed by atoms with Gasteiger partial charge in [0, 0.05) is 50.3 Å². The van der Waals surface area contributed by atoms with Gasteiger partial charge < -0.3 is 13.9 Å². The second-order valence-corrected chi connectivity index (χ2v) is 7.69. The standard InChI is InChI=1S/C23H30N2O2/c1-5-7-17(2)16-25(4)23(26)15-20(21-8-6-12-24(21)3)18-9-10-22-19(14-18)11-13-27-22/h6,8-14,17,20H,5,7,15-16H2,1-4H3. The summed E-state index contributed by atoms with van der Waals surface area (Å²) in [5.74, 6) is 0.747. The molecule has 27 heavy (non-hydrogen) atoms. The smallest absolute Gasteiger partial charge is 0.223 e. The summed E-state index contributed by atoms with van der Waals surface area (Å²) in [6, 6.07) is 12.3. The zero-order valence-electron chi connectivity index (χ0n) is 16.8. The molecule has 0 bridgehead atoms. The van der Waals surface area contributed by atoms with Crippen LogP contribution in [0.5, 0.6) is 0 Å². The second-order valence-electron chi connectivity index (χ2n) is 7.69. The van der Waals surface area contributed by atoms with Crippen molar-refractivity contribution < 1.29 is 9.21 Å². The number of hydrogen-bond donors (Lipinski definition) is 0. The van der Waals surface area contributed by atoms with Crippen molar-refractivity contribution >= 4 is 16.9 Å². The Morgan fingerprint density at radius 3 is 2.78 bits per heavy atom. The molecule has 0 saturated carbocycles. The van der Waals surface area contributed by atoms with E-state index in [9.17, 15) is 4.79 Å². The second kappa shape index (κ2) is 8.47. The minimum Gasteiger partial charge on any atom is -0.464 e. The van der Waals surface area contributed by atoms with Crippen LogP contribution in [-0.2, 0) is 11.8 Å². The molecule has 2 atom stereocenters. The number of amides is 1. The zero-order chi connectivity index (χ0) is 19.4. The fourth-order valence-corrected chi connectivity index (χ4v) is 3.92. The van der Waals surface area contributed by atoms with Gasteiger partial charge in [0.1, 0.15) is 5.58 Å². The molecule has 0 aliphatic carbocycles. The minimum atomic E-state index is 0.0285. The van der Waals surface area contributed by atoms with Gasteiger partial charge in [0.15, 0.2) is 0 Å². The number of aromatic nitrogens is 1. The Morgan fingerprint density at radius 1 is 1.26 bits per heavy atom. The molecule has 0 saturated heterocycles. The van der Waals surface area contributed by atoms with Crippen molar-refractivity contribution in [1.82, 2.24) is 9.47 Å². The molecule has 144 valence electrons. The summed E-state index contributed by atoms with van der Waals surface area (Å²) >= 11 is 0. The first-order valence-corrected chi connectivity index (χ1v) is 9.82. The van der Waals surface area contributed by atoms with E-state index in [-0.39, 0.29) is 11.8 Å². The average Bonchev–Trinajstić information content (AvgIpc) is 3.27. The fraction of sp³-hybridized carbons (Fsp3) is 0.435. The first-order valence-electron chi connectivity index (χ1n) is 9.82. The number of carbonyl (C=O) groups is 1. The third kappa shape index (κ3) is 4.44. The third-order valence-electron chi connectivity index (χ3n) is 5.39. The predicted molar refractivity (Wildman–Crippen MR) is 110 cm³/mol. The zero-order valence-corrected chi connectivity index (χ0v) is 16.8. The Balaban J connectivity index is 1.84. The van der Waals surface area contributed by atoms with E-state index in [0.29, 0.717) is 12.3 Å². The van der Waals surface area contributed by atoms with Crippen LogP contribution in [0.15, 0.2) is 53.3 Å². The van der Waals surface area contributed by atoms with Crippen molar-refractivity contribution in [1.29, 1.82) is 0 Å². The lowest BCUT2D eigenvalue weighted by molar-refractivity contribution is -0.130. The van der Waals surface area contributed by atoms with Crippen LogP contribution in [0, 0.1) is 5.92 Å². The largest absolute Gasteiger partial charge is 0.464 e. The number of carbonyl (C=O) groups excluding carboxylic acids is 1. The summed E-state index contributed by atoms with van der Waals surface area (Å²) in [5.41, 5.74) is 3.18. The topological polar surface area (TPSA) is 38.4 Å². The highest BCUT2D eigenvalue weighted by atomic mass is 16.3. The number of nitrogens with zero attached hydrogens (tertiary/aromatic N) is 2. The van der Waals surface area contributed by atoms with E-state index in [1.165, 1.54) is 0 Å². The lowest BCUT2D eigenvalue weighted by Gasteiger charge is -2.25. The van der Waals surface area contributed by atoms with E-state index < -0.39 is 0 Å². The SMILES string of the molecule is CCCC(C)CN(C)C(=O)CC(c1ccc2occc2c1)c1cccn1C. The monoisotopic (exact) mass is 366 g/mol. The van der Waals surface area contributed by atoms with Crippen molar-refractivity contribution in [2.24, 2.45) is 13.0 Å². The van der Waals surface area contributed by atoms with Crippen molar-refractivity contribution in [2.75, 3.05) is 13.6 Å². The van der Waals surface area contributed by atoms with Gasteiger partial charge in [-0.25, -0.2) is 0 Å². The van der Waals surface area contributed by atoms with Gasteiger partial charge in [0.25, 0.3) is 0 Å². The van der Waals surface area contributed by atoms with Gasteiger partial charge in [-0.1, -0.05) is 26.3 Å². The van der Waals surface area contributed by atoms with Crippen LogP contribution in [-0.4, -0.2) is 29.0 Å². The van der Waals surface area contributed by atoms with Crippen molar-refractivity contribution in [3.63, 3.8) is 0 Å². The number of aryl methyl sites for hydroxylation is 1. The molecule has 3 aromatic rings. The summed E-state index contributed by atoms with van der Waals surface area (Å²) < 4.78 is 7.58. The van der Waals surface area contributed by atoms with Crippen LogP contribution in [0.25, 0.3) is 11.0 Å². The number of rotatable bonds is 8. The Bertz CT molecular complexity index is 893. The molecule has 2 aromatic heterocycles. The van der Waals surface area contributed by atoms with E-state index in [1.54, 1.807) is 6.26 Å². The van der Waals surface area contributed by atoms with Crippen LogP contribution >= 0.6 is 0 Å². The fourth-order valence-electron chi connectivity index (χ4n) is 3.92. The minimum absolute atomic E-state index is 0.0285. The van der Waals surface area contributed by atoms with Crippen molar-refractivity contribution in [3.05, 3.63) is 60.1 Å². The van der Waals surface area contributed by atoms with Crippen molar-refractivity contribution in [2.45, 2.75) is 39.0 Å². The molecule has 1 amide bonds. The molecule has 0 aliphatic rings. The predicted octanol–water partition coefficient (Wildman–Crippen LogP) is 5.19. The van der Waals surface area contributed by atoms with Gasteiger partial charge in [-0.05, 0) is 48.2 Å². The van der Waals surface area contributed by atoms with Crippen LogP contribution < -0.4 is 0 Å². The Kier molecular flexibility index (Phi) is 6.04. The molecule has 4 heteroatoms. The number of furan rings is 1. The molecule has 0 fully saturated rings. The maximum absolute atomic E-state index is 13.0. The number of benzene rings is 1. The van der Waals surface area contributed by atoms with Crippen molar-refractivity contribution in [3.8, 4) is 0 Å². The van der Waals surface area contributed by atoms with Gasteiger partial charge in [-0.2, -0.15) is 0 Å². The quantitative estimate of drug-likeness (QED) is 0.550. The highest BCUT2D eigenvalue weighted by Crippen LogP contribution is 2.31. The lowest BCUT2D eigenvalue weighted by atomic mass is 9.91. The van der Waals surface area contributed by atoms with Gasteiger partial charge in [-0.15, -0.1) is 0 Å². The van der Waals surface area contributed by atoms with Gasteiger partial charge in [0.2, 0.25) is 5.91 Å². The Hall–Kier alpha value is -2.49. The normalized spacial score (nSPS) is 13.6. The molecule has 0 aliphatic heterocycles. The molecule has 0 spiro atoms. The molecule has 3 rings (SSSR count). The highest BCUT2D eigenvalue weighted by Gasteiger charge is 2.23. The van der Waals surface area contributed by atoms with E-state index in [4.69, 9.17) is 4.42 Å². The highest BCUT2D eigenvalue weighted by molar-refractivity contribution is 5.80. The first kappa shape index (κ1) is 19.3. The summed E-state index contributed by atoms with van der Waals surface area (Å²) in [4.78, 5) is 14.9. The summed E-state index contributed by atoms with van der Waals surface area (Å²) in [5, 5.41) is 1.07. The van der Waals surface area contributed by atoms with E-state index in [0.717, 1.165) is 41.6 Å². The number of fused-ring (bicyclic) bond motifs is 1.